The van der Waals surface area contributed by atoms with Crippen LogP contribution in [0, 0.1) is 5.92 Å². The van der Waals surface area contributed by atoms with Gasteiger partial charge in [0.15, 0.2) is 0 Å². The fourth-order valence-electron chi connectivity index (χ4n) is 3.32. The van der Waals surface area contributed by atoms with E-state index in [9.17, 15) is 0 Å². The van der Waals surface area contributed by atoms with E-state index in [-0.39, 0.29) is 0 Å². The highest BCUT2D eigenvalue weighted by Crippen LogP contribution is 2.35. The second kappa shape index (κ2) is 5.57. The lowest BCUT2D eigenvalue weighted by atomic mass is 9.91. The number of aromatic nitrogens is 3. The SMILES string of the molecule is C[C@@H]1CCN(Cc2cn3cccnc3n2)[C@@H](c2ccco2)C1. The minimum Gasteiger partial charge on any atom is -0.468 e. The molecule has 0 N–H and O–H groups in total. The molecule has 1 aliphatic heterocycles. The molecule has 0 bridgehead atoms. The molecule has 3 aromatic rings. The molecule has 0 saturated carbocycles. The average Bonchev–Trinajstić information content (AvgIpc) is 3.17. The molecule has 4 heterocycles. The van der Waals surface area contributed by atoms with E-state index in [0.717, 1.165) is 42.7 Å². The molecular weight excluding hydrogens is 276 g/mol. The summed E-state index contributed by atoms with van der Waals surface area (Å²) < 4.78 is 7.64. The van der Waals surface area contributed by atoms with Crippen molar-refractivity contribution in [2.24, 2.45) is 5.92 Å². The maximum atomic E-state index is 5.67. The van der Waals surface area contributed by atoms with Crippen LogP contribution >= 0.6 is 0 Å². The Kier molecular flexibility index (Phi) is 3.42. The zero-order valence-corrected chi connectivity index (χ0v) is 12.7. The number of piperidine rings is 1. The van der Waals surface area contributed by atoms with Crippen molar-refractivity contribution in [1.29, 1.82) is 0 Å². The minimum absolute atomic E-state index is 0.344. The summed E-state index contributed by atoms with van der Waals surface area (Å²) in [7, 11) is 0. The van der Waals surface area contributed by atoms with Crippen LogP contribution in [0.2, 0.25) is 0 Å². The number of hydrogen-bond acceptors (Lipinski definition) is 4. The number of furan rings is 1. The van der Waals surface area contributed by atoms with Crippen LogP contribution in [0.1, 0.15) is 37.3 Å². The minimum atomic E-state index is 0.344. The molecule has 0 aliphatic carbocycles. The van der Waals surface area contributed by atoms with E-state index in [2.05, 4.69) is 34.1 Å². The van der Waals surface area contributed by atoms with Crippen LogP contribution in [0.4, 0.5) is 0 Å². The van der Waals surface area contributed by atoms with Gasteiger partial charge in [-0.05, 0) is 43.5 Å². The van der Waals surface area contributed by atoms with Gasteiger partial charge in [0.05, 0.1) is 18.0 Å². The Morgan fingerprint density at radius 2 is 2.32 bits per heavy atom. The van der Waals surface area contributed by atoms with Crippen molar-refractivity contribution in [3.8, 4) is 0 Å². The second-order valence-corrected chi connectivity index (χ2v) is 6.19. The number of imidazole rings is 1. The van der Waals surface area contributed by atoms with Crippen molar-refractivity contribution in [3.05, 3.63) is 54.5 Å². The summed E-state index contributed by atoms with van der Waals surface area (Å²) in [5, 5.41) is 0. The molecule has 0 amide bonds. The van der Waals surface area contributed by atoms with Crippen LogP contribution in [0.15, 0.2) is 47.5 Å². The van der Waals surface area contributed by atoms with Gasteiger partial charge in [-0.25, -0.2) is 9.97 Å². The molecule has 3 aromatic heterocycles. The highest BCUT2D eigenvalue weighted by Gasteiger charge is 2.29. The zero-order valence-electron chi connectivity index (χ0n) is 12.7. The molecular formula is C17H20N4O. The molecule has 1 aliphatic rings. The van der Waals surface area contributed by atoms with E-state index in [0.29, 0.717) is 6.04 Å². The van der Waals surface area contributed by atoms with Gasteiger partial charge in [0.25, 0.3) is 0 Å². The van der Waals surface area contributed by atoms with Crippen LogP contribution in [-0.2, 0) is 6.54 Å². The molecule has 1 fully saturated rings. The highest BCUT2D eigenvalue weighted by molar-refractivity contribution is 5.29. The van der Waals surface area contributed by atoms with E-state index >= 15 is 0 Å². The normalized spacial score (nSPS) is 23.1. The van der Waals surface area contributed by atoms with Gasteiger partial charge >= 0.3 is 0 Å². The summed E-state index contributed by atoms with van der Waals surface area (Å²) in [5.74, 6) is 2.56. The average molecular weight is 296 g/mol. The third-order valence-corrected chi connectivity index (χ3v) is 4.50. The predicted octanol–water partition coefficient (Wildman–Crippen LogP) is 3.30. The van der Waals surface area contributed by atoms with Crippen molar-refractivity contribution in [3.63, 3.8) is 0 Å². The van der Waals surface area contributed by atoms with Crippen LogP contribution in [0.5, 0.6) is 0 Å². The smallest absolute Gasteiger partial charge is 0.233 e. The van der Waals surface area contributed by atoms with Crippen LogP contribution in [0.25, 0.3) is 5.78 Å². The first-order valence-electron chi connectivity index (χ1n) is 7.85. The van der Waals surface area contributed by atoms with Gasteiger partial charge in [0.2, 0.25) is 5.78 Å². The van der Waals surface area contributed by atoms with E-state index < -0.39 is 0 Å². The maximum absolute atomic E-state index is 5.67. The number of hydrogen-bond donors (Lipinski definition) is 0. The van der Waals surface area contributed by atoms with Crippen molar-refractivity contribution in [2.45, 2.75) is 32.4 Å². The van der Waals surface area contributed by atoms with E-state index in [1.54, 1.807) is 12.5 Å². The molecule has 0 aromatic carbocycles. The van der Waals surface area contributed by atoms with Crippen molar-refractivity contribution in [2.75, 3.05) is 6.54 Å². The first-order valence-corrected chi connectivity index (χ1v) is 7.85. The van der Waals surface area contributed by atoms with Crippen molar-refractivity contribution >= 4 is 5.78 Å². The Bertz CT molecular complexity index is 716. The summed E-state index contributed by atoms with van der Waals surface area (Å²) in [4.78, 5) is 11.4. The third kappa shape index (κ3) is 2.52. The van der Waals surface area contributed by atoms with Crippen LogP contribution in [-0.4, -0.2) is 25.8 Å². The number of likely N-dealkylation sites (tertiary alicyclic amines) is 1. The molecule has 5 nitrogen and oxygen atoms in total. The first kappa shape index (κ1) is 13.5. The largest absolute Gasteiger partial charge is 0.468 e. The molecule has 2 atom stereocenters. The molecule has 0 radical (unpaired) electrons. The summed E-state index contributed by atoms with van der Waals surface area (Å²) in [5.41, 5.74) is 1.06. The Morgan fingerprint density at radius 1 is 1.36 bits per heavy atom. The number of nitrogens with zero attached hydrogens (tertiary/aromatic N) is 4. The molecule has 5 heteroatoms. The Hall–Kier alpha value is -2.14. The summed E-state index contributed by atoms with van der Waals surface area (Å²) in [6, 6.07) is 6.33. The Morgan fingerprint density at radius 3 is 3.14 bits per heavy atom. The summed E-state index contributed by atoms with van der Waals surface area (Å²) in [6.45, 7) is 4.23. The van der Waals surface area contributed by atoms with Gasteiger partial charge in [-0.15, -0.1) is 0 Å². The highest BCUT2D eigenvalue weighted by atomic mass is 16.3. The standard InChI is InChI=1S/C17H20N4O/c1-13-5-8-20(15(10-13)16-4-2-9-22-16)11-14-12-21-7-3-6-18-17(21)19-14/h2-4,6-7,9,12-13,15H,5,8,10-11H2,1H3/t13-,15-/m1/s1. The van der Waals surface area contributed by atoms with E-state index in [4.69, 9.17) is 4.42 Å². The molecule has 114 valence electrons. The topological polar surface area (TPSA) is 46.6 Å². The number of fused-ring (bicyclic) bond motifs is 1. The fraction of sp³-hybridized carbons (Fsp3) is 0.412. The monoisotopic (exact) mass is 296 g/mol. The zero-order chi connectivity index (χ0) is 14.9. The molecule has 1 saturated heterocycles. The lowest BCUT2D eigenvalue weighted by molar-refractivity contribution is 0.0933. The molecule has 22 heavy (non-hydrogen) atoms. The fourth-order valence-corrected chi connectivity index (χ4v) is 3.32. The van der Waals surface area contributed by atoms with Gasteiger partial charge in [-0.1, -0.05) is 6.92 Å². The Labute approximate surface area is 129 Å². The quantitative estimate of drug-likeness (QED) is 0.744. The van der Waals surface area contributed by atoms with Crippen LogP contribution < -0.4 is 0 Å². The third-order valence-electron chi connectivity index (χ3n) is 4.50. The van der Waals surface area contributed by atoms with Gasteiger partial charge in [-0.2, -0.15) is 0 Å². The lowest BCUT2D eigenvalue weighted by Gasteiger charge is -2.36. The predicted molar refractivity (Wildman–Crippen MR) is 83.2 cm³/mol. The summed E-state index contributed by atoms with van der Waals surface area (Å²) >= 11 is 0. The Balaban J connectivity index is 1.59. The summed E-state index contributed by atoms with van der Waals surface area (Å²) in [6.07, 6.45) is 9.96. The lowest BCUT2D eigenvalue weighted by Crippen LogP contribution is -2.35. The second-order valence-electron chi connectivity index (χ2n) is 6.19. The molecule has 0 unspecified atom stereocenters. The molecule has 4 rings (SSSR count). The van der Waals surface area contributed by atoms with Gasteiger partial charge in [0.1, 0.15) is 5.76 Å². The van der Waals surface area contributed by atoms with Gasteiger partial charge in [0, 0.05) is 25.1 Å². The van der Waals surface area contributed by atoms with E-state index in [1.165, 1.54) is 6.42 Å². The number of rotatable bonds is 3. The molecule has 0 spiro atoms. The van der Waals surface area contributed by atoms with Crippen LogP contribution in [0.3, 0.4) is 0 Å². The van der Waals surface area contributed by atoms with Gasteiger partial charge in [-0.3, -0.25) is 9.30 Å². The van der Waals surface area contributed by atoms with Crippen molar-refractivity contribution < 1.29 is 4.42 Å². The van der Waals surface area contributed by atoms with Gasteiger partial charge < -0.3 is 4.42 Å². The maximum Gasteiger partial charge on any atom is 0.233 e. The van der Waals surface area contributed by atoms with E-state index in [1.807, 2.05) is 22.7 Å². The first-order chi connectivity index (χ1) is 10.8. The van der Waals surface area contributed by atoms with Crippen molar-refractivity contribution in [1.82, 2.24) is 19.3 Å².